The summed E-state index contributed by atoms with van der Waals surface area (Å²) in [5.74, 6) is -0.489. The Bertz CT molecular complexity index is 444. The maximum atomic E-state index is 11.6. The number of carbonyl (C=O) groups excluding carboxylic acids is 2. The normalized spacial score (nSPS) is 11.2. The molecule has 1 rings (SSSR count). The molecule has 108 valence electrons. The van der Waals surface area contributed by atoms with E-state index in [0.717, 1.165) is 5.56 Å². The SMILES string of the molecule is C=CCOC(=O)NC(CCc1ccccc1)C(=O)OC. The van der Waals surface area contributed by atoms with Crippen LogP contribution in [0.2, 0.25) is 0 Å². The molecule has 1 aromatic rings. The largest absolute Gasteiger partial charge is 0.467 e. The zero-order valence-corrected chi connectivity index (χ0v) is 11.5. The Labute approximate surface area is 118 Å². The van der Waals surface area contributed by atoms with Gasteiger partial charge in [-0.1, -0.05) is 43.0 Å². The van der Waals surface area contributed by atoms with Crippen LogP contribution in [0, 0.1) is 0 Å². The topological polar surface area (TPSA) is 64.6 Å². The van der Waals surface area contributed by atoms with Gasteiger partial charge in [-0.2, -0.15) is 0 Å². The number of hydrogen-bond donors (Lipinski definition) is 1. The Morgan fingerprint density at radius 3 is 2.65 bits per heavy atom. The van der Waals surface area contributed by atoms with E-state index in [1.807, 2.05) is 30.3 Å². The quantitative estimate of drug-likeness (QED) is 0.612. The molecule has 0 aliphatic carbocycles. The number of aryl methyl sites for hydroxylation is 1. The van der Waals surface area contributed by atoms with E-state index >= 15 is 0 Å². The highest BCUT2D eigenvalue weighted by Crippen LogP contribution is 2.06. The van der Waals surface area contributed by atoms with E-state index in [9.17, 15) is 9.59 Å². The summed E-state index contributed by atoms with van der Waals surface area (Å²) in [4.78, 5) is 23.1. The number of methoxy groups -OCH3 is 1. The summed E-state index contributed by atoms with van der Waals surface area (Å²) in [6, 6.07) is 8.97. The summed E-state index contributed by atoms with van der Waals surface area (Å²) in [5.41, 5.74) is 1.09. The maximum Gasteiger partial charge on any atom is 0.408 e. The second kappa shape index (κ2) is 8.74. The van der Waals surface area contributed by atoms with Crippen LogP contribution in [0.15, 0.2) is 43.0 Å². The molecule has 1 unspecified atom stereocenters. The van der Waals surface area contributed by atoms with Crippen LogP contribution < -0.4 is 5.32 Å². The van der Waals surface area contributed by atoms with Crippen molar-refractivity contribution >= 4 is 12.1 Å². The molecule has 0 saturated heterocycles. The number of nitrogens with one attached hydrogen (secondary N) is 1. The van der Waals surface area contributed by atoms with Gasteiger partial charge in [0.05, 0.1) is 7.11 Å². The average molecular weight is 277 g/mol. The van der Waals surface area contributed by atoms with Gasteiger partial charge in [0.25, 0.3) is 0 Å². The molecule has 1 amide bonds. The summed E-state index contributed by atoms with van der Waals surface area (Å²) < 4.78 is 9.47. The lowest BCUT2D eigenvalue weighted by atomic mass is 10.1. The smallest absolute Gasteiger partial charge is 0.408 e. The molecule has 0 fully saturated rings. The molecule has 1 aromatic carbocycles. The summed E-state index contributed by atoms with van der Waals surface area (Å²) in [7, 11) is 1.29. The van der Waals surface area contributed by atoms with Gasteiger partial charge in [-0.25, -0.2) is 9.59 Å². The van der Waals surface area contributed by atoms with Crippen molar-refractivity contribution in [3.8, 4) is 0 Å². The molecule has 0 heterocycles. The highest BCUT2D eigenvalue weighted by Gasteiger charge is 2.21. The Kier molecular flexibility index (Phi) is 6.89. The van der Waals surface area contributed by atoms with E-state index in [0.29, 0.717) is 12.8 Å². The predicted molar refractivity (Wildman–Crippen MR) is 75.2 cm³/mol. The summed E-state index contributed by atoms with van der Waals surface area (Å²) in [6.45, 7) is 3.54. The number of carbonyl (C=O) groups is 2. The number of hydrogen-bond acceptors (Lipinski definition) is 4. The van der Waals surface area contributed by atoms with E-state index < -0.39 is 18.1 Å². The van der Waals surface area contributed by atoms with Crippen LogP contribution in [0.3, 0.4) is 0 Å². The number of amides is 1. The van der Waals surface area contributed by atoms with Crippen LogP contribution in [0.1, 0.15) is 12.0 Å². The van der Waals surface area contributed by atoms with Crippen LogP contribution in [0.5, 0.6) is 0 Å². The molecule has 0 aliphatic heterocycles. The maximum absolute atomic E-state index is 11.6. The predicted octanol–water partition coefficient (Wildman–Crippen LogP) is 2.07. The van der Waals surface area contributed by atoms with Crippen LogP contribution in [-0.2, 0) is 20.7 Å². The van der Waals surface area contributed by atoms with E-state index in [4.69, 9.17) is 4.74 Å². The van der Waals surface area contributed by atoms with Crippen molar-refractivity contribution in [2.24, 2.45) is 0 Å². The third-order valence-corrected chi connectivity index (χ3v) is 2.67. The molecule has 5 nitrogen and oxygen atoms in total. The third-order valence-electron chi connectivity index (χ3n) is 2.67. The van der Waals surface area contributed by atoms with Crippen molar-refractivity contribution in [1.82, 2.24) is 5.32 Å². The molecular formula is C15H19NO4. The standard InChI is InChI=1S/C15H19NO4/c1-3-11-20-15(18)16-13(14(17)19-2)10-9-12-7-5-4-6-8-12/h3-8,13H,1,9-11H2,2H3,(H,16,18). The van der Waals surface area contributed by atoms with Crippen molar-refractivity contribution in [3.05, 3.63) is 48.6 Å². The fourth-order valence-corrected chi connectivity index (χ4v) is 1.67. The van der Waals surface area contributed by atoms with Crippen LogP contribution in [-0.4, -0.2) is 31.8 Å². The van der Waals surface area contributed by atoms with Crippen molar-refractivity contribution in [2.75, 3.05) is 13.7 Å². The summed E-state index contributed by atoms with van der Waals surface area (Å²) >= 11 is 0. The lowest BCUT2D eigenvalue weighted by Crippen LogP contribution is -2.42. The highest BCUT2D eigenvalue weighted by molar-refractivity contribution is 5.81. The molecule has 5 heteroatoms. The summed E-state index contributed by atoms with van der Waals surface area (Å²) in [5, 5.41) is 2.49. The Hall–Kier alpha value is -2.30. The summed E-state index contributed by atoms with van der Waals surface area (Å²) in [6.07, 6.45) is 1.90. The Morgan fingerprint density at radius 1 is 1.35 bits per heavy atom. The van der Waals surface area contributed by atoms with Crippen LogP contribution in [0.25, 0.3) is 0 Å². The molecule has 0 spiro atoms. The second-order valence-electron chi connectivity index (χ2n) is 4.13. The van der Waals surface area contributed by atoms with Gasteiger partial charge in [-0.15, -0.1) is 0 Å². The number of esters is 1. The van der Waals surface area contributed by atoms with Gasteiger partial charge in [0.15, 0.2) is 0 Å². The lowest BCUT2D eigenvalue weighted by Gasteiger charge is -2.16. The van der Waals surface area contributed by atoms with Crippen LogP contribution >= 0.6 is 0 Å². The molecule has 0 saturated carbocycles. The zero-order chi connectivity index (χ0) is 14.8. The molecule has 0 radical (unpaired) electrons. The number of ether oxygens (including phenoxy) is 2. The average Bonchev–Trinajstić information content (AvgIpc) is 2.49. The Morgan fingerprint density at radius 2 is 2.05 bits per heavy atom. The molecule has 1 atom stereocenters. The second-order valence-corrected chi connectivity index (χ2v) is 4.13. The third kappa shape index (κ3) is 5.56. The van der Waals surface area contributed by atoms with Gasteiger partial charge in [-0.3, -0.25) is 0 Å². The molecule has 0 bridgehead atoms. The van der Waals surface area contributed by atoms with Gasteiger partial charge in [0.2, 0.25) is 0 Å². The fourth-order valence-electron chi connectivity index (χ4n) is 1.67. The van der Waals surface area contributed by atoms with Gasteiger partial charge >= 0.3 is 12.1 Å². The van der Waals surface area contributed by atoms with Gasteiger partial charge < -0.3 is 14.8 Å². The fraction of sp³-hybridized carbons (Fsp3) is 0.333. The molecule has 1 N–H and O–H groups in total. The highest BCUT2D eigenvalue weighted by atomic mass is 16.6. The first-order valence-corrected chi connectivity index (χ1v) is 6.33. The molecular weight excluding hydrogens is 258 g/mol. The van der Waals surface area contributed by atoms with Gasteiger partial charge in [0.1, 0.15) is 12.6 Å². The number of benzene rings is 1. The van der Waals surface area contributed by atoms with Crippen molar-refractivity contribution < 1.29 is 19.1 Å². The zero-order valence-electron chi connectivity index (χ0n) is 11.5. The number of alkyl carbamates (subject to hydrolysis) is 1. The van der Waals surface area contributed by atoms with E-state index in [-0.39, 0.29) is 6.61 Å². The first-order chi connectivity index (χ1) is 9.67. The lowest BCUT2D eigenvalue weighted by molar-refractivity contribution is -0.143. The van der Waals surface area contributed by atoms with Crippen LogP contribution in [0.4, 0.5) is 4.79 Å². The van der Waals surface area contributed by atoms with Gasteiger partial charge in [0, 0.05) is 0 Å². The van der Waals surface area contributed by atoms with E-state index in [1.165, 1.54) is 13.2 Å². The minimum atomic E-state index is -0.725. The molecule has 20 heavy (non-hydrogen) atoms. The Balaban J connectivity index is 2.54. The van der Waals surface area contributed by atoms with Crippen molar-refractivity contribution in [3.63, 3.8) is 0 Å². The first kappa shape index (κ1) is 15.8. The molecule has 0 aromatic heterocycles. The number of rotatable bonds is 7. The first-order valence-electron chi connectivity index (χ1n) is 6.33. The minimum Gasteiger partial charge on any atom is -0.467 e. The van der Waals surface area contributed by atoms with Crippen molar-refractivity contribution in [1.29, 1.82) is 0 Å². The van der Waals surface area contributed by atoms with Crippen molar-refractivity contribution in [2.45, 2.75) is 18.9 Å². The van der Waals surface area contributed by atoms with E-state index in [2.05, 4.69) is 16.6 Å². The van der Waals surface area contributed by atoms with E-state index in [1.54, 1.807) is 0 Å². The molecule has 0 aliphatic rings. The van der Waals surface area contributed by atoms with Gasteiger partial charge in [-0.05, 0) is 18.4 Å². The monoisotopic (exact) mass is 277 g/mol. The minimum absolute atomic E-state index is 0.0956.